The lowest BCUT2D eigenvalue weighted by molar-refractivity contribution is -0.122. The van der Waals surface area contributed by atoms with Crippen molar-refractivity contribution in [3.05, 3.63) is 58.9 Å². The zero-order valence-corrected chi connectivity index (χ0v) is 12.1. The number of ether oxygens (including phenoxy) is 1. The van der Waals surface area contributed by atoms with E-state index in [1.165, 1.54) is 13.0 Å². The molecule has 0 aliphatic carbocycles. The second-order valence-electron chi connectivity index (χ2n) is 4.43. The predicted octanol–water partition coefficient (Wildman–Crippen LogP) is 4.16. The van der Waals surface area contributed by atoms with Gasteiger partial charge in [0.1, 0.15) is 5.75 Å². The van der Waals surface area contributed by atoms with Gasteiger partial charge >= 0.3 is 0 Å². The van der Waals surface area contributed by atoms with Gasteiger partial charge in [-0.2, -0.15) is 0 Å². The van der Waals surface area contributed by atoms with Gasteiger partial charge in [0.2, 0.25) is 0 Å². The summed E-state index contributed by atoms with van der Waals surface area (Å²) >= 11 is 5.78. The van der Waals surface area contributed by atoms with Crippen LogP contribution in [0.3, 0.4) is 0 Å². The lowest BCUT2D eigenvalue weighted by atomic mass is 10.2. The molecule has 0 unspecified atom stereocenters. The molecule has 0 aliphatic heterocycles. The fraction of sp³-hybridized carbons (Fsp3) is 0.133. The van der Waals surface area contributed by atoms with E-state index >= 15 is 0 Å². The van der Waals surface area contributed by atoms with Crippen LogP contribution >= 0.6 is 11.6 Å². The number of carbonyl (C=O) groups is 1. The van der Waals surface area contributed by atoms with Crippen LogP contribution in [0.15, 0.2) is 36.4 Å². The first-order valence-corrected chi connectivity index (χ1v) is 6.63. The smallest absolute Gasteiger partial charge is 0.265 e. The first-order valence-electron chi connectivity index (χ1n) is 6.25. The van der Waals surface area contributed by atoms with Gasteiger partial charge in [0.05, 0.1) is 5.69 Å². The third-order valence-corrected chi connectivity index (χ3v) is 3.01. The molecule has 7 heteroatoms. The predicted molar refractivity (Wildman–Crippen MR) is 76.5 cm³/mol. The van der Waals surface area contributed by atoms with Gasteiger partial charge in [-0.3, -0.25) is 4.79 Å². The van der Waals surface area contributed by atoms with E-state index in [-0.39, 0.29) is 0 Å². The number of carbonyl (C=O) groups excluding carboxylic acids is 1. The minimum Gasteiger partial charge on any atom is -0.481 e. The average Bonchev–Trinajstić information content (AvgIpc) is 2.47. The Morgan fingerprint density at radius 2 is 1.91 bits per heavy atom. The number of hydrogen-bond donors (Lipinski definition) is 1. The van der Waals surface area contributed by atoms with Gasteiger partial charge in [0.25, 0.3) is 5.91 Å². The number of rotatable bonds is 4. The molecule has 0 spiro atoms. The van der Waals surface area contributed by atoms with Crippen molar-refractivity contribution in [2.75, 3.05) is 5.32 Å². The van der Waals surface area contributed by atoms with Crippen LogP contribution in [-0.2, 0) is 4.79 Å². The molecular weight excluding hydrogens is 319 g/mol. The highest BCUT2D eigenvalue weighted by Gasteiger charge is 2.19. The first-order chi connectivity index (χ1) is 10.4. The molecule has 2 aromatic rings. The van der Waals surface area contributed by atoms with Crippen LogP contribution in [0.2, 0.25) is 5.02 Å². The summed E-state index contributed by atoms with van der Waals surface area (Å²) in [6, 6.07) is 8.01. The standard InChI is InChI=1S/C15H11ClF3NO2/c1-8(22-10-4-2-3-9(16)7-10)15(21)20-12-6-5-11(17)13(18)14(12)19/h2-8H,1H3,(H,20,21)/t8-/m1/s1. The Morgan fingerprint density at radius 1 is 1.18 bits per heavy atom. The number of hydrogen-bond acceptors (Lipinski definition) is 2. The molecule has 1 atom stereocenters. The highest BCUT2D eigenvalue weighted by atomic mass is 35.5. The van der Waals surface area contributed by atoms with Crippen LogP contribution in [0, 0.1) is 17.5 Å². The van der Waals surface area contributed by atoms with Gasteiger partial charge in [0, 0.05) is 5.02 Å². The second kappa shape index (κ2) is 6.70. The molecule has 2 aromatic carbocycles. The van der Waals surface area contributed by atoms with Crippen LogP contribution in [0.25, 0.3) is 0 Å². The average molecular weight is 330 g/mol. The van der Waals surface area contributed by atoms with Crippen molar-refractivity contribution in [2.24, 2.45) is 0 Å². The summed E-state index contributed by atoms with van der Waals surface area (Å²) in [6.45, 7) is 1.42. The van der Waals surface area contributed by atoms with Crippen LogP contribution in [0.5, 0.6) is 5.75 Å². The maximum atomic E-state index is 13.5. The van der Waals surface area contributed by atoms with Gasteiger partial charge in [-0.25, -0.2) is 13.2 Å². The monoisotopic (exact) mass is 329 g/mol. The molecule has 0 aromatic heterocycles. The minimum atomic E-state index is -1.65. The molecule has 116 valence electrons. The largest absolute Gasteiger partial charge is 0.481 e. The van der Waals surface area contributed by atoms with Crippen molar-refractivity contribution in [1.82, 2.24) is 0 Å². The lowest BCUT2D eigenvalue weighted by Crippen LogP contribution is -2.30. The summed E-state index contributed by atoms with van der Waals surface area (Å²) < 4.78 is 44.7. The van der Waals surface area contributed by atoms with Crippen LogP contribution in [0.4, 0.5) is 18.9 Å². The summed E-state index contributed by atoms with van der Waals surface area (Å²) in [4.78, 5) is 11.9. The highest BCUT2D eigenvalue weighted by Crippen LogP contribution is 2.21. The molecule has 0 bridgehead atoms. The number of benzene rings is 2. The van der Waals surface area contributed by atoms with E-state index in [4.69, 9.17) is 16.3 Å². The summed E-state index contributed by atoms with van der Waals surface area (Å²) in [6.07, 6.45) is -0.994. The van der Waals surface area contributed by atoms with Crippen molar-refractivity contribution < 1.29 is 22.7 Å². The highest BCUT2D eigenvalue weighted by molar-refractivity contribution is 6.30. The number of halogens is 4. The Hall–Kier alpha value is -2.21. The molecule has 0 heterocycles. The summed E-state index contributed by atoms with van der Waals surface area (Å²) in [7, 11) is 0. The van der Waals surface area contributed by atoms with E-state index in [9.17, 15) is 18.0 Å². The number of nitrogens with one attached hydrogen (secondary N) is 1. The Bertz CT molecular complexity index is 709. The van der Waals surface area contributed by atoms with Gasteiger partial charge in [-0.15, -0.1) is 0 Å². The zero-order valence-electron chi connectivity index (χ0n) is 11.4. The van der Waals surface area contributed by atoms with E-state index in [1.54, 1.807) is 18.2 Å². The molecule has 0 saturated carbocycles. The molecule has 0 radical (unpaired) electrons. The molecule has 1 N–H and O–H groups in total. The Labute approximate surface area is 129 Å². The summed E-state index contributed by atoms with van der Waals surface area (Å²) in [5.74, 6) is -4.82. The van der Waals surface area contributed by atoms with E-state index in [0.717, 1.165) is 12.1 Å². The maximum Gasteiger partial charge on any atom is 0.265 e. The number of anilines is 1. The number of amides is 1. The fourth-order valence-electron chi connectivity index (χ4n) is 1.65. The van der Waals surface area contributed by atoms with E-state index in [0.29, 0.717) is 10.8 Å². The minimum absolute atomic E-state index is 0.348. The summed E-state index contributed by atoms with van der Waals surface area (Å²) in [5, 5.41) is 2.56. The molecule has 3 nitrogen and oxygen atoms in total. The van der Waals surface area contributed by atoms with E-state index in [2.05, 4.69) is 5.32 Å². The molecule has 0 aliphatic rings. The quantitative estimate of drug-likeness (QED) is 0.855. The molecule has 1 amide bonds. The van der Waals surface area contributed by atoms with Crippen LogP contribution < -0.4 is 10.1 Å². The molecule has 22 heavy (non-hydrogen) atoms. The van der Waals surface area contributed by atoms with Crippen molar-refractivity contribution in [3.8, 4) is 5.75 Å². The third-order valence-electron chi connectivity index (χ3n) is 2.77. The first kappa shape index (κ1) is 16.2. The Balaban J connectivity index is 2.07. The van der Waals surface area contributed by atoms with Crippen molar-refractivity contribution >= 4 is 23.2 Å². The molecule has 0 fully saturated rings. The van der Waals surface area contributed by atoms with E-state index in [1.807, 2.05) is 0 Å². The van der Waals surface area contributed by atoms with Crippen molar-refractivity contribution in [2.45, 2.75) is 13.0 Å². The van der Waals surface area contributed by atoms with Gasteiger partial charge < -0.3 is 10.1 Å². The Kier molecular flexibility index (Phi) is 4.92. The van der Waals surface area contributed by atoms with Gasteiger partial charge in [0.15, 0.2) is 23.6 Å². The Morgan fingerprint density at radius 3 is 2.59 bits per heavy atom. The lowest BCUT2D eigenvalue weighted by Gasteiger charge is -2.15. The molecular formula is C15H11ClF3NO2. The molecule has 2 rings (SSSR count). The SMILES string of the molecule is C[C@@H](Oc1cccc(Cl)c1)C(=O)Nc1ccc(F)c(F)c1F. The van der Waals surface area contributed by atoms with Crippen molar-refractivity contribution in [3.63, 3.8) is 0 Å². The van der Waals surface area contributed by atoms with Crippen LogP contribution in [-0.4, -0.2) is 12.0 Å². The normalized spacial score (nSPS) is 11.9. The van der Waals surface area contributed by atoms with E-state index < -0.39 is 35.2 Å². The molecule has 0 saturated heterocycles. The maximum absolute atomic E-state index is 13.5. The van der Waals surface area contributed by atoms with Gasteiger partial charge in [-0.1, -0.05) is 17.7 Å². The topological polar surface area (TPSA) is 38.3 Å². The van der Waals surface area contributed by atoms with Crippen molar-refractivity contribution in [1.29, 1.82) is 0 Å². The van der Waals surface area contributed by atoms with Crippen LogP contribution in [0.1, 0.15) is 6.92 Å². The van der Waals surface area contributed by atoms with Gasteiger partial charge in [-0.05, 0) is 37.3 Å². The zero-order chi connectivity index (χ0) is 16.3. The summed E-state index contributed by atoms with van der Waals surface area (Å²) in [5.41, 5.74) is -0.467. The second-order valence-corrected chi connectivity index (χ2v) is 4.87. The third kappa shape index (κ3) is 3.71. The fourth-order valence-corrected chi connectivity index (χ4v) is 1.84.